The smallest absolute Gasteiger partial charge is 2.00 e. The minimum absolute atomic E-state index is 0. The average Bonchev–Trinajstić information content (AvgIpc) is 1.00. The zero-order chi connectivity index (χ0) is 2.00. The fourth-order valence-electron chi connectivity index (χ4n) is 0. The second kappa shape index (κ2) is 34.4. The molecule has 0 amide bonds. The van der Waals surface area contributed by atoms with Gasteiger partial charge in [0.1, 0.15) is 0 Å². The molecule has 0 aromatic heterocycles. The first-order valence-corrected chi connectivity index (χ1v) is 0.532. The summed E-state index contributed by atoms with van der Waals surface area (Å²) in [4.78, 5) is 0. The molecule has 0 bridgehead atoms. The number of hydrogen-bond donors (Lipinski definition) is 0. The van der Waals surface area contributed by atoms with Crippen molar-refractivity contribution < 1.29 is 60.6 Å². The van der Waals surface area contributed by atoms with Gasteiger partial charge in [-0.25, -0.2) is 0 Å². The Balaban J connectivity index is -0.000000000179. The van der Waals surface area contributed by atoms with Gasteiger partial charge in [0.15, 0.2) is 0 Å². The second-order valence-electron chi connectivity index (χ2n) is 0. The van der Waals surface area contributed by atoms with Crippen molar-refractivity contribution in [1.29, 1.82) is 0 Å². The Hall–Kier alpha value is 4.37. The van der Waals surface area contributed by atoms with Gasteiger partial charge in [-0.3, -0.25) is 0 Å². The Morgan fingerprint density at radius 3 is 1.33 bits per heavy atom. The van der Waals surface area contributed by atoms with E-state index in [2.05, 4.69) is 15.4 Å². The van der Waals surface area contributed by atoms with Gasteiger partial charge in [0.2, 0.25) is 0 Å². The molecule has 0 saturated carbocycles. The third-order valence-corrected chi connectivity index (χ3v) is 0. The predicted octanol–water partition coefficient (Wildman–Crippen LogP) is -1.62. The molecule has 0 fully saturated rings. The standard InChI is InChI=1S/Ga.La.Mg.Ni.O.Sr.7H/q;;+2;;;+2;;;;4*-1. The molecule has 1 nitrogen and oxygen atoms in total. The summed E-state index contributed by atoms with van der Waals surface area (Å²) < 4.78 is 7.88. The summed E-state index contributed by atoms with van der Waals surface area (Å²) in [5, 5.41) is 0. The van der Waals surface area contributed by atoms with Gasteiger partial charge in [0.05, 0.1) is 0 Å². The van der Waals surface area contributed by atoms with Gasteiger partial charge in [-0.1, -0.05) is 0 Å². The average molecular weight is 402 g/mol. The van der Waals surface area contributed by atoms with E-state index in [1.807, 2.05) is 0 Å². The van der Waals surface area contributed by atoms with Gasteiger partial charge < -0.3 is 5.71 Å². The maximum atomic E-state index is 7.88. The Labute approximate surface area is 145 Å². The first-order valence-electron chi connectivity index (χ1n) is 0.129. The molecule has 0 N–H and O–H groups in total. The molecule has 6 heavy (non-hydrogen) atoms. The first kappa shape index (κ1) is 31.6. The topological polar surface area (TPSA) is 17.1 Å². The summed E-state index contributed by atoms with van der Waals surface area (Å²) in [6.07, 6.45) is 0. The molecule has 0 saturated heterocycles. The van der Waals surface area contributed by atoms with Crippen LogP contribution in [0.25, 0.3) is 0 Å². The molecule has 0 rings (SSSR count). The molecular weight excluding hydrogens is 395 g/mol. The van der Waals surface area contributed by atoms with Crippen LogP contribution in [0.4, 0.5) is 0 Å². The van der Waals surface area contributed by atoms with Crippen LogP contribution in [0.3, 0.4) is 0 Å². The van der Waals surface area contributed by atoms with Crippen LogP contribution in [-0.2, 0) is 19.3 Å². The molecule has 0 unspecified atom stereocenters. The molecule has 0 aliphatic carbocycles. The Morgan fingerprint density at radius 1 is 1.33 bits per heavy atom. The van der Waals surface area contributed by atoms with E-state index in [9.17, 15) is 0 Å². The fourth-order valence-corrected chi connectivity index (χ4v) is 0. The van der Waals surface area contributed by atoms with Crippen LogP contribution in [0.15, 0.2) is 0 Å². The van der Waals surface area contributed by atoms with Crippen LogP contribution in [0.5, 0.6) is 0 Å². The summed E-state index contributed by atoms with van der Waals surface area (Å²) in [5.74, 6) is 0. The largest absolute Gasteiger partial charge is 2.00 e. The molecule has 0 spiro atoms. The van der Waals surface area contributed by atoms with Crippen molar-refractivity contribution in [2.45, 2.75) is 0 Å². The summed E-state index contributed by atoms with van der Waals surface area (Å²) >= 11 is 2.62. The molecule has 1 radical (unpaired) electrons. The van der Waals surface area contributed by atoms with E-state index in [4.69, 9.17) is 3.90 Å². The minimum atomic E-state index is 0. The van der Waals surface area contributed by atoms with Crippen molar-refractivity contribution in [2.75, 3.05) is 0 Å². The van der Waals surface area contributed by atoms with Crippen molar-refractivity contribution in [2.24, 2.45) is 0 Å². The molecule has 6 heteroatoms. The maximum Gasteiger partial charge on any atom is 2.00 e. The van der Waals surface area contributed by atoms with Gasteiger partial charge in [-0.2, -0.15) is 0 Å². The first-order chi connectivity index (χ1) is 1.00. The summed E-state index contributed by atoms with van der Waals surface area (Å²) in [6.45, 7) is 0. The summed E-state index contributed by atoms with van der Waals surface area (Å²) in [7, 11) is 0. The van der Waals surface area contributed by atoms with E-state index >= 15 is 0 Å². The third-order valence-electron chi connectivity index (χ3n) is 0. The second-order valence-corrected chi connectivity index (χ2v) is 0. The van der Waals surface area contributed by atoms with Crippen molar-refractivity contribution in [3.8, 4) is 0 Å². The third kappa shape index (κ3) is 23.8. The summed E-state index contributed by atoms with van der Waals surface area (Å²) in [6, 6.07) is 0. The van der Waals surface area contributed by atoms with Crippen LogP contribution in [0.1, 0.15) is 5.71 Å². The van der Waals surface area contributed by atoms with Gasteiger partial charge in [-0.05, 0) is 0 Å². The van der Waals surface area contributed by atoms with E-state index in [0.29, 0.717) is 0 Å². The molecule has 0 aliphatic heterocycles. The molecule has 0 heterocycles. The van der Waals surface area contributed by atoms with E-state index in [-0.39, 0.29) is 130 Å². The number of hydrogen-bond acceptors (Lipinski definition) is 1. The summed E-state index contributed by atoms with van der Waals surface area (Å²) in [5.41, 5.74) is 0. The van der Waals surface area contributed by atoms with Crippen molar-refractivity contribution in [1.82, 2.24) is 0 Å². The Morgan fingerprint density at radius 2 is 1.33 bits per heavy atom. The van der Waals surface area contributed by atoms with Crippen LogP contribution < -0.4 is 0 Å². The van der Waals surface area contributed by atoms with Crippen LogP contribution in [-0.4, -0.2) is 88.3 Å². The normalized spacial score (nSPS) is 1.00. The fraction of sp³-hybridized carbons (Fsp3) is 0. The van der Waals surface area contributed by atoms with Crippen LogP contribution >= 0.6 is 0 Å². The Kier molecular flexibility index (Phi) is 181. The number of rotatable bonds is 0. The molecule has 0 atom stereocenters. The van der Waals surface area contributed by atoms with E-state index < -0.39 is 0 Å². The molecule has 0 aromatic carbocycles. The minimum Gasteiger partial charge on any atom is 2.00 e. The molecular formula is H7GaLaMgNiOSr. The molecule has 0 aliphatic rings. The van der Waals surface area contributed by atoms with Crippen molar-refractivity contribution in [3.05, 3.63) is 0 Å². The van der Waals surface area contributed by atoms with Gasteiger partial charge in [0, 0.05) is 35.6 Å². The maximum absolute atomic E-state index is 7.88. The monoisotopic (exact) mass is 401 g/mol. The van der Waals surface area contributed by atoms with Crippen molar-refractivity contribution in [3.63, 3.8) is 0 Å². The van der Waals surface area contributed by atoms with Gasteiger partial charge >= 0.3 is 108 Å². The quantitative estimate of drug-likeness (QED) is 0.446. The zero-order valence-electron chi connectivity index (χ0n) is 6.72. The molecule has 33 valence electrons. The predicted molar refractivity (Wildman–Crippen MR) is 26.6 cm³/mol. The van der Waals surface area contributed by atoms with Crippen molar-refractivity contribution >= 4 is 88.3 Å². The van der Waals surface area contributed by atoms with E-state index in [0.717, 1.165) is 0 Å². The van der Waals surface area contributed by atoms with E-state index in [1.165, 1.54) is 0 Å². The molecule has 0 aromatic rings. The SMILES string of the molecule is [GaH3].[H-].[H-].[H-].[H-].[La].[Mg+2].[O]=[Ni].[Sr+2]. The van der Waals surface area contributed by atoms with Crippen LogP contribution in [0.2, 0.25) is 0 Å². The van der Waals surface area contributed by atoms with Gasteiger partial charge in [0.25, 0.3) is 0 Å². The van der Waals surface area contributed by atoms with Crippen LogP contribution in [0, 0.1) is 35.6 Å². The van der Waals surface area contributed by atoms with E-state index in [1.54, 1.807) is 0 Å². The van der Waals surface area contributed by atoms with Gasteiger partial charge in [-0.15, -0.1) is 0 Å². The Bertz CT molecular complexity index is 25.2. The zero-order valence-corrected chi connectivity index (χ0v) is 12.2.